The van der Waals surface area contributed by atoms with E-state index in [9.17, 15) is 0 Å². The van der Waals surface area contributed by atoms with Crippen LogP contribution in [-0.4, -0.2) is 0 Å². The topological polar surface area (TPSA) is 0 Å². The lowest BCUT2D eigenvalue weighted by Crippen LogP contribution is -1.64. The van der Waals surface area contributed by atoms with Crippen molar-refractivity contribution < 1.29 is 0 Å². The molecule has 0 unspecified atom stereocenters. The van der Waals surface area contributed by atoms with Crippen molar-refractivity contribution in [1.29, 1.82) is 0 Å². The summed E-state index contributed by atoms with van der Waals surface area (Å²) in [6, 6.07) is 0. The second-order valence-electron chi connectivity index (χ2n) is 1.57. The maximum atomic E-state index is 3.48. The van der Waals surface area contributed by atoms with Crippen LogP contribution in [0.1, 0.15) is 13.3 Å². The Bertz CT molecular complexity index is 151. The predicted octanol–water partition coefficient (Wildman–Crippen LogP) is 2.45. The highest BCUT2D eigenvalue weighted by Gasteiger charge is 1.76. The fourth-order valence-electron chi connectivity index (χ4n) is 0.297. The molecule has 0 aromatic rings. The Morgan fingerprint density at radius 2 is 2.25 bits per heavy atom. The first-order chi connectivity index (χ1) is 3.81. The zero-order valence-corrected chi connectivity index (χ0v) is 5.20. The number of hydrogen-bond acceptors (Lipinski definition) is 0. The van der Waals surface area contributed by atoms with E-state index in [-0.39, 0.29) is 0 Å². The van der Waals surface area contributed by atoms with Gasteiger partial charge in [0.05, 0.1) is 0 Å². The van der Waals surface area contributed by atoms with Crippen molar-refractivity contribution in [3.8, 4) is 0 Å². The van der Waals surface area contributed by atoms with Crippen molar-refractivity contribution in [2.75, 3.05) is 0 Å². The molecule has 0 fully saturated rings. The highest BCUT2D eigenvalue weighted by molar-refractivity contribution is 5.00. The summed E-state index contributed by atoms with van der Waals surface area (Å²) in [5.74, 6) is 0. The molecular weight excluding hydrogens is 96.1 g/mol. The van der Waals surface area contributed by atoms with Crippen LogP contribution in [0.5, 0.6) is 0 Å². The zero-order valence-electron chi connectivity index (χ0n) is 5.20. The second-order valence-corrected chi connectivity index (χ2v) is 1.57. The van der Waals surface area contributed by atoms with Gasteiger partial charge in [0.1, 0.15) is 0 Å². The van der Waals surface area contributed by atoms with E-state index in [2.05, 4.69) is 24.6 Å². The summed E-state index contributed by atoms with van der Waals surface area (Å²) >= 11 is 0. The molecule has 0 aliphatic rings. The van der Waals surface area contributed by atoms with Gasteiger partial charge in [-0.25, -0.2) is 0 Å². The predicted molar refractivity (Wildman–Crippen MR) is 36.7 cm³/mol. The summed E-state index contributed by atoms with van der Waals surface area (Å²) in [7, 11) is 0. The van der Waals surface area contributed by atoms with Gasteiger partial charge in [-0.15, -0.1) is 11.5 Å². The van der Waals surface area contributed by atoms with Crippen LogP contribution in [0.2, 0.25) is 0 Å². The second kappa shape index (κ2) is 4.21. The van der Waals surface area contributed by atoms with Crippen LogP contribution in [-0.2, 0) is 0 Å². The summed E-state index contributed by atoms with van der Waals surface area (Å²) in [4.78, 5) is 0. The molecule has 0 aromatic heterocycles. The monoisotopic (exact) mass is 106 g/mol. The van der Waals surface area contributed by atoms with E-state index < -0.39 is 0 Å². The molecule has 0 N–H and O–H groups in total. The van der Waals surface area contributed by atoms with Crippen molar-refractivity contribution in [2.45, 2.75) is 13.3 Å². The molecule has 0 rings (SSSR count). The van der Waals surface area contributed by atoms with Gasteiger partial charge in [-0.05, 0) is 18.6 Å². The van der Waals surface area contributed by atoms with Gasteiger partial charge in [0.25, 0.3) is 0 Å². The normalized spacial score (nSPS) is 6.62. The average molecular weight is 106 g/mol. The first-order valence-electron chi connectivity index (χ1n) is 2.51. The summed E-state index contributed by atoms with van der Waals surface area (Å²) in [5.41, 5.74) is 6.56. The van der Waals surface area contributed by atoms with Crippen LogP contribution in [0.25, 0.3) is 0 Å². The van der Waals surface area contributed by atoms with Crippen molar-refractivity contribution >= 4 is 0 Å². The first kappa shape index (κ1) is 7.04. The molecule has 0 heterocycles. The Morgan fingerprint density at radius 1 is 1.62 bits per heavy atom. The average Bonchev–Trinajstić information content (AvgIpc) is 1.83. The quantitative estimate of drug-likeness (QED) is 0.474. The van der Waals surface area contributed by atoms with E-state index in [1.807, 2.05) is 13.0 Å². The van der Waals surface area contributed by atoms with Crippen LogP contribution in [0.3, 0.4) is 0 Å². The van der Waals surface area contributed by atoms with Crippen LogP contribution in [0.15, 0.2) is 36.3 Å². The Morgan fingerprint density at radius 3 is 2.62 bits per heavy atom. The highest BCUT2D eigenvalue weighted by Crippen LogP contribution is 1.95. The minimum atomic E-state index is 0.868. The standard InChI is InChI=1S/C8H10/c1-4-6-7-8(3)5-2/h6H,1-2,7H2,3H3. The molecule has 0 amide bonds. The highest BCUT2D eigenvalue weighted by atomic mass is 13.8. The van der Waals surface area contributed by atoms with E-state index in [1.165, 1.54) is 0 Å². The van der Waals surface area contributed by atoms with E-state index in [4.69, 9.17) is 0 Å². The molecule has 8 heavy (non-hydrogen) atoms. The van der Waals surface area contributed by atoms with Crippen molar-refractivity contribution in [3.63, 3.8) is 0 Å². The summed E-state index contributed by atoms with van der Waals surface area (Å²) < 4.78 is 0. The van der Waals surface area contributed by atoms with Gasteiger partial charge in [0.15, 0.2) is 0 Å². The molecule has 0 aliphatic heterocycles. The Balaban J connectivity index is 3.73. The lowest BCUT2D eigenvalue weighted by Gasteiger charge is -1.82. The van der Waals surface area contributed by atoms with E-state index in [1.54, 1.807) is 0 Å². The SMILES string of the molecule is C=C=CCC(C)=C=C. The number of allylic oxidation sites excluding steroid dienone is 2. The van der Waals surface area contributed by atoms with Gasteiger partial charge in [-0.1, -0.05) is 13.2 Å². The van der Waals surface area contributed by atoms with E-state index >= 15 is 0 Å². The third-order valence-corrected chi connectivity index (χ3v) is 0.854. The van der Waals surface area contributed by atoms with Gasteiger partial charge in [0.2, 0.25) is 0 Å². The summed E-state index contributed by atoms with van der Waals surface area (Å²) in [5, 5.41) is 0. The molecule has 0 aliphatic carbocycles. The number of rotatable bonds is 2. The van der Waals surface area contributed by atoms with Gasteiger partial charge in [-0.2, -0.15) is 0 Å². The van der Waals surface area contributed by atoms with Crippen LogP contribution < -0.4 is 0 Å². The van der Waals surface area contributed by atoms with Gasteiger partial charge in [0, 0.05) is 6.42 Å². The molecule has 0 atom stereocenters. The Labute approximate surface area is 50.5 Å². The van der Waals surface area contributed by atoms with Crippen LogP contribution in [0.4, 0.5) is 0 Å². The van der Waals surface area contributed by atoms with Crippen molar-refractivity contribution in [1.82, 2.24) is 0 Å². The zero-order chi connectivity index (χ0) is 6.41. The van der Waals surface area contributed by atoms with Gasteiger partial charge < -0.3 is 0 Å². The minimum Gasteiger partial charge on any atom is -0.133 e. The summed E-state index contributed by atoms with van der Waals surface area (Å²) in [6.07, 6.45) is 2.72. The minimum absolute atomic E-state index is 0.868. The Kier molecular flexibility index (Phi) is 3.70. The van der Waals surface area contributed by atoms with Crippen molar-refractivity contribution in [2.24, 2.45) is 0 Å². The first-order valence-corrected chi connectivity index (χ1v) is 2.51. The maximum Gasteiger partial charge on any atom is 0.00104 e. The molecule has 0 heteroatoms. The third kappa shape index (κ3) is 3.24. The Hall–Kier alpha value is -0.960. The van der Waals surface area contributed by atoms with Gasteiger partial charge >= 0.3 is 0 Å². The smallest absolute Gasteiger partial charge is 0.00104 e. The molecule has 0 radical (unpaired) electrons. The number of hydrogen-bond donors (Lipinski definition) is 0. The largest absolute Gasteiger partial charge is 0.133 e. The molecule has 0 bridgehead atoms. The van der Waals surface area contributed by atoms with Gasteiger partial charge in [-0.3, -0.25) is 0 Å². The van der Waals surface area contributed by atoms with Crippen LogP contribution in [0, 0.1) is 0 Å². The molecule has 0 nitrogen and oxygen atoms in total. The molecule has 0 aromatic carbocycles. The van der Waals surface area contributed by atoms with E-state index in [0.29, 0.717) is 0 Å². The molecular formula is C8H10. The molecule has 0 saturated carbocycles. The third-order valence-electron chi connectivity index (χ3n) is 0.854. The fourth-order valence-corrected chi connectivity index (χ4v) is 0.297. The summed E-state index contributed by atoms with van der Waals surface area (Å²) in [6.45, 7) is 8.88. The van der Waals surface area contributed by atoms with Crippen LogP contribution >= 0.6 is 0 Å². The lowest BCUT2D eigenvalue weighted by molar-refractivity contribution is 1.23. The molecule has 0 spiro atoms. The van der Waals surface area contributed by atoms with Crippen molar-refractivity contribution in [3.05, 3.63) is 36.3 Å². The molecule has 0 saturated heterocycles. The lowest BCUT2D eigenvalue weighted by atomic mass is 10.2. The van der Waals surface area contributed by atoms with E-state index in [0.717, 1.165) is 12.0 Å². The maximum absolute atomic E-state index is 3.48. The molecule has 42 valence electrons. The fraction of sp³-hybridized carbons (Fsp3) is 0.250.